The molecule has 4 nitrogen and oxygen atoms in total. The lowest BCUT2D eigenvalue weighted by atomic mass is 9.92. The summed E-state index contributed by atoms with van der Waals surface area (Å²) in [6.45, 7) is 5.48. The molecular weight excluding hydrogens is 365 g/mol. The number of fused-ring (bicyclic) bond motifs is 1. The molecular formula is C21H25F3N4. The third-order valence-corrected chi connectivity index (χ3v) is 5.93. The number of aryl methyl sites for hydroxylation is 1. The van der Waals surface area contributed by atoms with Crippen molar-refractivity contribution >= 4 is 5.82 Å². The van der Waals surface area contributed by atoms with Gasteiger partial charge >= 0.3 is 6.18 Å². The monoisotopic (exact) mass is 390 g/mol. The van der Waals surface area contributed by atoms with Crippen molar-refractivity contribution < 1.29 is 13.2 Å². The smallest absolute Gasteiger partial charge is 0.355 e. The molecule has 28 heavy (non-hydrogen) atoms. The predicted molar refractivity (Wildman–Crippen MR) is 102 cm³/mol. The second-order valence-corrected chi connectivity index (χ2v) is 7.79. The average Bonchev–Trinajstić information content (AvgIpc) is 3.08. The summed E-state index contributed by atoms with van der Waals surface area (Å²) in [4.78, 5) is 13.0. The molecule has 2 aliphatic rings. The van der Waals surface area contributed by atoms with Crippen LogP contribution in [0.1, 0.15) is 29.9 Å². The minimum absolute atomic E-state index is 0.370. The molecule has 4 rings (SSSR count). The van der Waals surface area contributed by atoms with Gasteiger partial charge in [0.1, 0.15) is 11.5 Å². The maximum atomic E-state index is 13.0. The Hall–Kier alpha value is -2.15. The minimum atomic E-state index is -4.41. The Morgan fingerprint density at radius 3 is 2.61 bits per heavy atom. The molecule has 2 aromatic heterocycles. The lowest BCUT2D eigenvalue weighted by molar-refractivity contribution is -0.141. The van der Waals surface area contributed by atoms with Crippen LogP contribution in [0, 0.1) is 12.8 Å². The molecule has 2 unspecified atom stereocenters. The van der Waals surface area contributed by atoms with E-state index >= 15 is 0 Å². The molecule has 2 aromatic rings. The summed E-state index contributed by atoms with van der Waals surface area (Å²) in [6, 6.07) is 10.6. The average molecular weight is 390 g/mol. The van der Waals surface area contributed by atoms with Gasteiger partial charge in [-0.15, -0.1) is 0 Å². The number of hydrogen-bond donors (Lipinski definition) is 0. The van der Waals surface area contributed by atoms with Crippen molar-refractivity contribution in [3.63, 3.8) is 0 Å². The van der Waals surface area contributed by atoms with Crippen molar-refractivity contribution in [2.24, 2.45) is 5.92 Å². The molecule has 0 aromatic carbocycles. The fraction of sp³-hybridized carbons (Fsp3) is 0.524. The van der Waals surface area contributed by atoms with E-state index in [4.69, 9.17) is 0 Å². The highest BCUT2D eigenvalue weighted by molar-refractivity contribution is 5.41. The zero-order chi connectivity index (χ0) is 19.7. The first-order valence-electron chi connectivity index (χ1n) is 9.86. The zero-order valence-electron chi connectivity index (χ0n) is 16.0. The molecule has 4 heterocycles. The van der Waals surface area contributed by atoms with E-state index in [2.05, 4.69) is 20.9 Å². The van der Waals surface area contributed by atoms with Gasteiger partial charge in [0.05, 0.1) is 0 Å². The van der Waals surface area contributed by atoms with Gasteiger partial charge in [0.15, 0.2) is 0 Å². The summed E-state index contributed by atoms with van der Waals surface area (Å²) in [7, 11) is 0. The van der Waals surface area contributed by atoms with Crippen molar-refractivity contribution in [2.75, 3.05) is 31.1 Å². The largest absolute Gasteiger partial charge is 0.433 e. The number of anilines is 1. The number of nitrogens with zero attached hydrogens (tertiary/aromatic N) is 4. The SMILES string of the molecule is Cc1cccc(CCN2CCC3CCN(c4cccc(C(F)(F)F)n4)CC32)n1. The van der Waals surface area contributed by atoms with E-state index in [-0.39, 0.29) is 0 Å². The van der Waals surface area contributed by atoms with Gasteiger partial charge in [-0.2, -0.15) is 13.2 Å². The van der Waals surface area contributed by atoms with Crippen LogP contribution in [0.15, 0.2) is 36.4 Å². The highest BCUT2D eigenvalue weighted by Gasteiger charge is 2.39. The summed E-state index contributed by atoms with van der Waals surface area (Å²) in [5, 5.41) is 0. The first-order valence-corrected chi connectivity index (χ1v) is 9.86. The summed E-state index contributed by atoms with van der Waals surface area (Å²) in [5.41, 5.74) is 1.30. The Kier molecular flexibility index (Phi) is 5.27. The Morgan fingerprint density at radius 1 is 1.04 bits per heavy atom. The number of pyridine rings is 2. The van der Waals surface area contributed by atoms with E-state index < -0.39 is 11.9 Å². The van der Waals surface area contributed by atoms with E-state index in [1.54, 1.807) is 6.07 Å². The highest BCUT2D eigenvalue weighted by Crippen LogP contribution is 2.34. The number of piperidine rings is 1. The van der Waals surface area contributed by atoms with Gasteiger partial charge in [-0.1, -0.05) is 12.1 Å². The summed E-state index contributed by atoms with van der Waals surface area (Å²) in [6.07, 6.45) is -1.35. The van der Waals surface area contributed by atoms with Crippen LogP contribution in [-0.4, -0.2) is 47.1 Å². The lowest BCUT2D eigenvalue weighted by Crippen LogP contribution is -2.49. The number of hydrogen-bond acceptors (Lipinski definition) is 4. The number of aromatic nitrogens is 2. The second kappa shape index (κ2) is 7.70. The first kappa shape index (κ1) is 19.2. The van der Waals surface area contributed by atoms with E-state index in [0.29, 0.717) is 17.8 Å². The van der Waals surface area contributed by atoms with Crippen LogP contribution in [0.4, 0.5) is 19.0 Å². The van der Waals surface area contributed by atoms with E-state index in [0.717, 1.165) is 62.9 Å². The van der Waals surface area contributed by atoms with E-state index in [9.17, 15) is 13.2 Å². The number of halogens is 3. The van der Waals surface area contributed by atoms with Crippen LogP contribution in [0.2, 0.25) is 0 Å². The van der Waals surface area contributed by atoms with Crippen molar-refractivity contribution in [3.8, 4) is 0 Å². The van der Waals surface area contributed by atoms with Crippen LogP contribution in [-0.2, 0) is 12.6 Å². The van der Waals surface area contributed by atoms with Gasteiger partial charge in [-0.3, -0.25) is 9.88 Å². The molecule has 2 saturated heterocycles. The molecule has 0 N–H and O–H groups in total. The summed E-state index contributed by atoms with van der Waals surface area (Å²) >= 11 is 0. The van der Waals surface area contributed by atoms with Gasteiger partial charge in [-0.05, 0) is 56.5 Å². The van der Waals surface area contributed by atoms with Gasteiger partial charge < -0.3 is 4.90 Å². The van der Waals surface area contributed by atoms with Crippen LogP contribution in [0.3, 0.4) is 0 Å². The normalized spacial score (nSPS) is 23.1. The Labute approximate surface area is 163 Å². The molecule has 7 heteroatoms. The van der Waals surface area contributed by atoms with Crippen molar-refractivity contribution in [1.29, 1.82) is 0 Å². The minimum Gasteiger partial charge on any atom is -0.355 e. The van der Waals surface area contributed by atoms with E-state index in [1.165, 1.54) is 6.07 Å². The molecule has 2 aliphatic heterocycles. The molecule has 0 bridgehead atoms. The Morgan fingerprint density at radius 2 is 1.82 bits per heavy atom. The van der Waals surface area contributed by atoms with Gasteiger partial charge in [0.2, 0.25) is 0 Å². The maximum Gasteiger partial charge on any atom is 0.433 e. The van der Waals surface area contributed by atoms with Crippen LogP contribution in [0.5, 0.6) is 0 Å². The third-order valence-electron chi connectivity index (χ3n) is 5.93. The molecule has 0 aliphatic carbocycles. The van der Waals surface area contributed by atoms with Gasteiger partial charge in [-0.25, -0.2) is 4.98 Å². The van der Waals surface area contributed by atoms with E-state index in [1.807, 2.05) is 24.0 Å². The summed E-state index contributed by atoms with van der Waals surface area (Å²) < 4.78 is 39.0. The maximum absolute atomic E-state index is 13.0. The molecule has 0 amide bonds. The first-order chi connectivity index (χ1) is 13.4. The predicted octanol–water partition coefficient (Wildman–Crippen LogP) is 3.95. The molecule has 0 saturated carbocycles. The zero-order valence-corrected chi connectivity index (χ0v) is 16.0. The van der Waals surface area contributed by atoms with Crippen molar-refractivity contribution in [1.82, 2.24) is 14.9 Å². The highest BCUT2D eigenvalue weighted by atomic mass is 19.4. The third kappa shape index (κ3) is 4.14. The molecule has 2 atom stereocenters. The Balaban J connectivity index is 1.43. The Bertz CT molecular complexity index is 823. The van der Waals surface area contributed by atoms with Crippen LogP contribution < -0.4 is 4.90 Å². The lowest BCUT2D eigenvalue weighted by Gasteiger charge is -2.39. The van der Waals surface area contributed by atoms with Crippen LogP contribution in [0.25, 0.3) is 0 Å². The van der Waals surface area contributed by atoms with Crippen LogP contribution >= 0.6 is 0 Å². The fourth-order valence-corrected chi connectivity index (χ4v) is 4.47. The molecule has 0 radical (unpaired) electrons. The fourth-order valence-electron chi connectivity index (χ4n) is 4.47. The molecule has 2 fully saturated rings. The number of rotatable bonds is 4. The molecule has 0 spiro atoms. The van der Waals surface area contributed by atoms with Gasteiger partial charge in [0, 0.05) is 43.5 Å². The number of alkyl halides is 3. The van der Waals surface area contributed by atoms with Crippen molar-refractivity contribution in [3.05, 3.63) is 53.5 Å². The second-order valence-electron chi connectivity index (χ2n) is 7.79. The van der Waals surface area contributed by atoms with Gasteiger partial charge in [0.25, 0.3) is 0 Å². The number of likely N-dealkylation sites (tertiary alicyclic amines) is 1. The quantitative estimate of drug-likeness (QED) is 0.791. The topological polar surface area (TPSA) is 32.3 Å². The molecule has 150 valence electrons. The standard InChI is InChI=1S/C21H25F3N4/c1-15-4-2-5-17(25-15)10-13-27-11-8-16-9-12-28(14-18(16)27)20-7-3-6-19(26-20)21(22,23)24/h2-7,16,18H,8-14H2,1H3. The summed E-state index contributed by atoms with van der Waals surface area (Å²) in [5.74, 6) is 1.05. The van der Waals surface area contributed by atoms with Crippen molar-refractivity contribution in [2.45, 2.75) is 38.4 Å².